The first-order valence-electron chi connectivity index (χ1n) is 7.98. The minimum atomic E-state index is -0.452. The monoisotopic (exact) mass is 345 g/mol. The first-order valence-corrected chi connectivity index (χ1v) is 7.98. The Hall–Kier alpha value is -3.79. The summed E-state index contributed by atoms with van der Waals surface area (Å²) in [5.74, 6) is 0. The fourth-order valence-corrected chi connectivity index (χ4v) is 2.53. The van der Waals surface area contributed by atoms with E-state index in [0.717, 1.165) is 16.5 Å². The van der Waals surface area contributed by atoms with Crippen LogP contribution in [-0.4, -0.2) is 11.5 Å². The van der Waals surface area contributed by atoms with E-state index < -0.39 is 4.92 Å². The van der Waals surface area contributed by atoms with Gasteiger partial charge in [-0.25, -0.2) is 0 Å². The number of hydrogen-bond donors (Lipinski definition) is 1. The molecule has 0 aliphatic heterocycles. The number of nitro benzene ring substituents is 1. The minimum absolute atomic E-state index is 0.0159. The molecule has 0 atom stereocenters. The Bertz CT molecular complexity index is 1010. The van der Waals surface area contributed by atoms with Crippen molar-refractivity contribution >= 4 is 33.5 Å². The quantitative estimate of drug-likeness (QED) is 0.276. The van der Waals surface area contributed by atoms with Crippen molar-refractivity contribution in [3.63, 3.8) is 0 Å². The van der Waals surface area contributed by atoms with Gasteiger partial charge in [0.05, 0.1) is 28.8 Å². The summed E-state index contributed by atoms with van der Waals surface area (Å²) < 4.78 is 0. The molecule has 0 aliphatic rings. The zero-order chi connectivity index (χ0) is 18.4. The molecular weight excluding hydrogens is 330 g/mol. The highest BCUT2D eigenvalue weighted by molar-refractivity contribution is 6.00. The lowest BCUT2D eigenvalue weighted by Crippen LogP contribution is -2.00. The smallest absolute Gasteiger partial charge is 0.269 e. The molecule has 3 rings (SSSR count). The van der Waals surface area contributed by atoms with Gasteiger partial charge >= 0.3 is 0 Å². The molecule has 0 bridgehead atoms. The number of nitrogens with zero attached hydrogens (tertiary/aromatic N) is 4. The van der Waals surface area contributed by atoms with Crippen molar-refractivity contribution < 1.29 is 4.92 Å². The highest BCUT2D eigenvalue weighted by Crippen LogP contribution is 2.33. The molecule has 0 aromatic heterocycles. The van der Waals surface area contributed by atoms with Gasteiger partial charge in [0.25, 0.3) is 5.69 Å². The zero-order valence-electron chi connectivity index (χ0n) is 13.8. The number of hydrogen-bond acceptors (Lipinski definition) is 6. The molecule has 0 radical (unpaired) electrons. The first kappa shape index (κ1) is 17.0. The highest BCUT2D eigenvalue weighted by Gasteiger charge is 2.06. The topological polar surface area (TPSA) is 104 Å². The predicted octanol–water partition coefficient (Wildman–Crippen LogP) is 5.49. The summed E-state index contributed by atoms with van der Waals surface area (Å²) in [5.41, 5.74) is 2.19. The first-order chi connectivity index (χ1) is 12.7. The highest BCUT2D eigenvalue weighted by atomic mass is 16.6. The molecule has 0 heterocycles. The van der Waals surface area contributed by atoms with Gasteiger partial charge in [0.2, 0.25) is 0 Å². The maximum Gasteiger partial charge on any atom is 0.269 e. The van der Waals surface area contributed by atoms with Gasteiger partial charge in [0.1, 0.15) is 0 Å². The molecule has 26 heavy (non-hydrogen) atoms. The number of benzene rings is 3. The van der Waals surface area contributed by atoms with E-state index >= 15 is 0 Å². The summed E-state index contributed by atoms with van der Waals surface area (Å²) in [6.07, 6.45) is 0.427. The molecule has 0 spiro atoms. The molecule has 1 N–H and O–H groups in total. The van der Waals surface area contributed by atoms with Crippen molar-refractivity contribution in [3.05, 3.63) is 70.8 Å². The van der Waals surface area contributed by atoms with Crippen LogP contribution in [0.3, 0.4) is 0 Å². The lowest BCUT2D eigenvalue weighted by molar-refractivity contribution is -0.384. The van der Waals surface area contributed by atoms with Crippen molar-refractivity contribution in [1.29, 1.82) is 5.26 Å². The minimum Gasteiger partial charge on any atom is -0.384 e. The van der Waals surface area contributed by atoms with Crippen LogP contribution in [0, 0.1) is 21.4 Å². The van der Waals surface area contributed by atoms with E-state index in [1.54, 1.807) is 12.1 Å². The Morgan fingerprint density at radius 2 is 1.73 bits per heavy atom. The van der Waals surface area contributed by atoms with Gasteiger partial charge in [0.15, 0.2) is 0 Å². The molecular formula is C19H15N5O2. The third kappa shape index (κ3) is 3.82. The van der Waals surface area contributed by atoms with Crippen molar-refractivity contribution in [3.8, 4) is 6.07 Å². The molecule has 0 saturated carbocycles. The van der Waals surface area contributed by atoms with Crippen LogP contribution >= 0.6 is 0 Å². The fourth-order valence-electron chi connectivity index (χ4n) is 2.53. The lowest BCUT2D eigenvalue weighted by Gasteiger charge is -2.09. The normalized spacial score (nSPS) is 10.7. The maximum atomic E-state index is 10.7. The van der Waals surface area contributed by atoms with E-state index in [-0.39, 0.29) is 5.69 Å². The molecule has 0 amide bonds. The Kier molecular flexibility index (Phi) is 5.15. The summed E-state index contributed by atoms with van der Waals surface area (Å²) in [4.78, 5) is 10.2. The predicted molar refractivity (Wildman–Crippen MR) is 99.9 cm³/mol. The van der Waals surface area contributed by atoms with E-state index in [9.17, 15) is 10.1 Å². The Morgan fingerprint density at radius 1 is 1.00 bits per heavy atom. The van der Waals surface area contributed by atoms with Crippen LogP contribution in [0.1, 0.15) is 6.42 Å². The van der Waals surface area contributed by atoms with Crippen molar-refractivity contribution in [2.24, 2.45) is 10.2 Å². The number of nitro groups is 1. The number of anilines is 1. The summed E-state index contributed by atoms with van der Waals surface area (Å²) in [6.45, 7) is 0.574. The van der Waals surface area contributed by atoms with Gasteiger partial charge in [-0.1, -0.05) is 24.3 Å². The van der Waals surface area contributed by atoms with Crippen LogP contribution in [0.15, 0.2) is 70.9 Å². The van der Waals surface area contributed by atoms with Crippen molar-refractivity contribution in [1.82, 2.24) is 0 Å². The number of nitriles is 1. The van der Waals surface area contributed by atoms with Gasteiger partial charge in [-0.2, -0.15) is 10.4 Å². The van der Waals surface area contributed by atoms with E-state index in [1.807, 2.05) is 36.4 Å². The summed E-state index contributed by atoms with van der Waals surface area (Å²) in [7, 11) is 0. The van der Waals surface area contributed by atoms with Gasteiger partial charge in [-0.15, -0.1) is 5.11 Å². The van der Waals surface area contributed by atoms with E-state index in [4.69, 9.17) is 5.26 Å². The standard InChI is InChI=1S/C19H15N5O2/c20-12-3-13-21-18-10-11-19(17-5-2-1-4-16(17)18)23-22-14-6-8-15(9-7-14)24(25)26/h1-2,4-11,21H,3,13H2. The third-order valence-electron chi connectivity index (χ3n) is 3.79. The van der Waals surface area contributed by atoms with Crippen LogP contribution in [0.5, 0.6) is 0 Å². The van der Waals surface area contributed by atoms with Crippen LogP contribution in [0.2, 0.25) is 0 Å². The van der Waals surface area contributed by atoms with E-state index in [1.165, 1.54) is 12.1 Å². The lowest BCUT2D eigenvalue weighted by atomic mass is 10.1. The Morgan fingerprint density at radius 3 is 2.42 bits per heavy atom. The molecule has 128 valence electrons. The summed E-state index contributed by atoms with van der Waals surface area (Å²) in [6, 6.07) is 19.6. The average molecular weight is 345 g/mol. The molecule has 0 fully saturated rings. The van der Waals surface area contributed by atoms with Crippen LogP contribution < -0.4 is 5.32 Å². The molecule has 7 heteroatoms. The fraction of sp³-hybridized carbons (Fsp3) is 0.105. The van der Waals surface area contributed by atoms with Gasteiger partial charge in [-0.3, -0.25) is 10.1 Å². The largest absolute Gasteiger partial charge is 0.384 e. The molecule has 3 aromatic carbocycles. The van der Waals surface area contributed by atoms with Crippen LogP contribution in [0.25, 0.3) is 10.8 Å². The Balaban J connectivity index is 1.89. The summed E-state index contributed by atoms with van der Waals surface area (Å²) in [5, 5.41) is 33.0. The molecule has 0 unspecified atom stereocenters. The van der Waals surface area contributed by atoms with Crippen LogP contribution in [0.4, 0.5) is 22.7 Å². The van der Waals surface area contributed by atoms with Crippen molar-refractivity contribution in [2.75, 3.05) is 11.9 Å². The van der Waals surface area contributed by atoms with E-state index in [2.05, 4.69) is 21.6 Å². The van der Waals surface area contributed by atoms with Gasteiger partial charge in [-0.05, 0) is 24.3 Å². The van der Waals surface area contributed by atoms with E-state index in [0.29, 0.717) is 24.3 Å². The Labute approximate surface area is 149 Å². The van der Waals surface area contributed by atoms with Gasteiger partial charge < -0.3 is 5.32 Å². The second-order valence-electron chi connectivity index (χ2n) is 5.49. The number of nitrogens with one attached hydrogen (secondary N) is 1. The second kappa shape index (κ2) is 7.85. The van der Waals surface area contributed by atoms with Crippen LogP contribution in [-0.2, 0) is 0 Å². The molecule has 3 aromatic rings. The number of fused-ring (bicyclic) bond motifs is 1. The van der Waals surface area contributed by atoms with Gasteiger partial charge in [0, 0.05) is 35.1 Å². The SMILES string of the molecule is N#CCCNc1ccc(N=Nc2ccc([N+](=O)[O-])cc2)c2ccccc12. The summed E-state index contributed by atoms with van der Waals surface area (Å²) >= 11 is 0. The average Bonchev–Trinajstić information content (AvgIpc) is 2.67. The van der Waals surface area contributed by atoms with Crippen molar-refractivity contribution in [2.45, 2.75) is 6.42 Å². The number of rotatable bonds is 6. The molecule has 7 nitrogen and oxygen atoms in total. The number of non-ortho nitro benzene ring substituents is 1. The third-order valence-corrected chi connectivity index (χ3v) is 3.79. The zero-order valence-corrected chi connectivity index (χ0v) is 13.8. The molecule has 0 saturated heterocycles. The second-order valence-corrected chi connectivity index (χ2v) is 5.49. The number of azo groups is 1. The molecule has 0 aliphatic carbocycles. The maximum absolute atomic E-state index is 10.7.